The lowest BCUT2D eigenvalue weighted by atomic mass is 10.0. The second-order valence-corrected chi connectivity index (χ2v) is 5.34. The molecule has 0 spiro atoms. The standard InChI is InChI=1S/C17H16F3NO2/c1-2-14-13(17(18,19)20)8-12(10-21-14)7-11-3-4-15-16(9-11)23-6-5-22-15/h3-4,8-10H,2,5-7H2,1H3. The maximum atomic E-state index is 13.1. The van der Waals surface area contributed by atoms with Gasteiger partial charge in [-0.15, -0.1) is 0 Å². The fourth-order valence-corrected chi connectivity index (χ4v) is 2.59. The molecule has 0 fully saturated rings. The van der Waals surface area contributed by atoms with Crippen LogP contribution in [0.5, 0.6) is 11.5 Å². The van der Waals surface area contributed by atoms with Crippen LogP contribution in [-0.4, -0.2) is 18.2 Å². The average Bonchev–Trinajstić information content (AvgIpc) is 2.54. The van der Waals surface area contributed by atoms with Gasteiger partial charge in [0, 0.05) is 6.20 Å². The van der Waals surface area contributed by atoms with Crippen molar-refractivity contribution in [3.05, 3.63) is 52.8 Å². The maximum Gasteiger partial charge on any atom is 0.418 e. The Bertz CT molecular complexity index is 713. The molecule has 3 nitrogen and oxygen atoms in total. The zero-order valence-corrected chi connectivity index (χ0v) is 12.6. The summed E-state index contributed by atoms with van der Waals surface area (Å²) < 4.78 is 50.2. The molecule has 1 aliphatic rings. The second kappa shape index (κ2) is 6.10. The van der Waals surface area contributed by atoms with E-state index in [1.165, 1.54) is 12.3 Å². The topological polar surface area (TPSA) is 31.4 Å². The SMILES string of the molecule is CCc1ncc(Cc2ccc3c(c2)OCCO3)cc1C(F)(F)F. The molecule has 0 unspecified atom stereocenters. The first kappa shape index (κ1) is 15.6. The first-order chi connectivity index (χ1) is 11.0. The van der Waals surface area contributed by atoms with Crippen LogP contribution in [0.4, 0.5) is 13.2 Å². The van der Waals surface area contributed by atoms with E-state index in [1.54, 1.807) is 19.1 Å². The Kier molecular flexibility index (Phi) is 4.15. The summed E-state index contributed by atoms with van der Waals surface area (Å²) >= 11 is 0. The molecule has 0 N–H and O–H groups in total. The normalized spacial score (nSPS) is 13.9. The molecule has 0 aliphatic carbocycles. The van der Waals surface area contributed by atoms with Gasteiger partial charge in [0.25, 0.3) is 0 Å². The van der Waals surface area contributed by atoms with E-state index in [0.717, 1.165) is 5.56 Å². The zero-order chi connectivity index (χ0) is 16.4. The molecular weight excluding hydrogens is 307 g/mol. The van der Waals surface area contributed by atoms with E-state index in [4.69, 9.17) is 9.47 Å². The van der Waals surface area contributed by atoms with Crippen LogP contribution in [0.2, 0.25) is 0 Å². The molecule has 23 heavy (non-hydrogen) atoms. The molecule has 1 aromatic heterocycles. The first-order valence-electron chi connectivity index (χ1n) is 7.41. The number of aryl methyl sites for hydroxylation is 1. The highest BCUT2D eigenvalue weighted by atomic mass is 19.4. The van der Waals surface area contributed by atoms with Gasteiger partial charge in [-0.1, -0.05) is 13.0 Å². The van der Waals surface area contributed by atoms with Crippen molar-refractivity contribution in [2.75, 3.05) is 13.2 Å². The van der Waals surface area contributed by atoms with Crippen molar-refractivity contribution in [3.8, 4) is 11.5 Å². The third kappa shape index (κ3) is 3.41. The van der Waals surface area contributed by atoms with Crippen LogP contribution in [0.3, 0.4) is 0 Å². The van der Waals surface area contributed by atoms with Gasteiger partial charge in [-0.2, -0.15) is 13.2 Å². The Labute approximate surface area is 132 Å². The molecule has 0 saturated carbocycles. The highest BCUT2D eigenvalue weighted by molar-refractivity contribution is 5.45. The molecule has 122 valence electrons. The summed E-state index contributed by atoms with van der Waals surface area (Å²) in [5, 5.41) is 0. The van der Waals surface area contributed by atoms with Crippen molar-refractivity contribution >= 4 is 0 Å². The third-order valence-electron chi connectivity index (χ3n) is 3.68. The van der Waals surface area contributed by atoms with Crippen molar-refractivity contribution in [2.45, 2.75) is 25.9 Å². The van der Waals surface area contributed by atoms with E-state index < -0.39 is 11.7 Å². The number of hydrogen-bond donors (Lipinski definition) is 0. The number of pyridine rings is 1. The fraction of sp³-hybridized carbons (Fsp3) is 0.353. The number of ether oxygens (including phenoxy) is 2. The van der Waals surface area contributed by atoms with Crippen LogP contribution < -0.4 is 9.47 Å². The van der Waals surface area contributed by atoms with Gasteiger partial charge in [0.05, 0.1) is 11.3 Å². The van der Waals surface area contributed by atoms with Crippen molar-refractivity contribution in [1.29, 1.82) is 0 Å². The number of halogens is 3. The maximum absolute atomic E-state index is 13.1. The number of aromatic nitrogens is 1. The van der Waals surface area contributed by atoms with Crippen molar-refractivity contribution in [1.82, 2.24) is 4.98 Å². The van der Waals surface area contributed by atoms with Gasteiger partial charge in [-0.3, -0.25) is 4.98 Å². The van der Waals surface area contributed by atoms with Gasteiger partial charge in [-0.05, 0) is 42.2 Å². The minimum absolute atomic E-state index is 0.0726. The predicted molar refractivity (Wildman–Crippen MR) is 78.9 cm³/mol. The number of fused-ring (bicyclic) bond motifs is 1. The van der Waals surface area contributed by atoms with Gasteiger partial charge in [0.15, 0.2) is 11.5 Å². The molecule has 0 saturated heterocycles. The average molecular weight is 323 g/mol. The van der Waals surface area contributed by atoms with E-state index >= 15 is 0 Å². The molecule has 0 atom stereocenters. The summed E-state index contributed by atoms with van der Waals surface area (Å²) in [6, 6.07) is 6.59. The number of nitrogens with zero attached hydrogens (tertiary/aromatic N) is 1. The minimum atomic E-state index is -4.39. The van der Waals surface area contributed by atoms with Crippen molar-refractivity contribution in [2.24, 2.45) is 0 Å². The molecule has 0 bridgehead atoms. The van der Waals surface area contributed by atoms with Gasteiger partial charge >= 0.3 is 6.18 Å². The highest BCUT2D eigenvalue weighted by Gasteiger charge is 2.33. The van der Waals surface area contributed by atoms with Gasteiger partial charge in [0.1, 0.15) is 13.2 Å². The van der Waals surface area contributed by atoms with Crippen LogP contribution in [0.25, 0.3) is 0 Å². The van der Waals surface area contributed by atoms with Crippen LogP contribution >= 0.6 is 0 Å². The molecule has 1 aliphatic heterocycles. The molecule has 3 rings (SSSR count). The van der Waals surface area contributed by atoms with E-state index in [9.17, 15) is 13.2 Å². The number of benzene rings is 1. The molecule has 2 aromatic rings. The lowest BCUT2D eigenvalue weighted by Crippen LogP contribution is -2.15. The van der Waals surface area contributed by atoms with Gasteiger partial charge < -0.3 is 9.47 Å². The Morgan fingerprint density at radius 3 is 2.48 bits per heavy atom. The van der Waals surface area contributed by atoms with Crippen LogP contribution in [0.1, 0.15) is 29.3 Å². The van der Waals surface area contributed by atoms with Crippen molar-refractivity contribution in [3.63, 3.8) is 0 Å². The Morgan fingerprint density at radius 2 is 1.78 bits per heavy atom. The van der Waals surface area contributed by atoms with Crippen molar-refractivity contribution < 1.29 is 22.6 Å². The number of rotatable bonds is 3. The largest absolute Gasteiger partial charge is 0.486 e. The van der Waals surface area contributed by atoms with E-state index in [2.05, 4.69) is 4.98 Å². The smallest absolute Gasteiger partial charge is 0.418 e. The second-order valence-electron chi connectivity index (χ2n) is 5.34. The third-order valence-corrected chi connectivity index (χ3v) is 3.68. The summed E-state index contributed by atoms with van der Waals surface area (Å²) in [6.07, 6.45) is -2.28. The summed E-state index contributed by atoms with van der Waals surface area (Å²) in [4.78, 5) is 3.97. The van der Waals surface area contributed by atoms with Gasteiger partial charge in [0.2, 0.25) is 0 Å². The fourth-order valence-electron chi connectivity index (χ4n) is 2.59. The van der Waals surface area contributed by atoms with E-state index in [-0.39, 0.29) is 12.1 Å². The van der Waals surface area contributed by atoms with Crippen LogP contribution in [0.15, 0.2) is 30.5 Å². The molecule has 1 aromatic carbocycles. The highest BCUT2D eigenvalue weighted by Crippen LogP contribution is 2.34. The molecule has 6 heteroatoms. The van der Waals surface area contributed by atoms with Crippen LogP contribution in [-0.2, 0) is 19.0 Å². The first-order valence-corrected chi connectivity index (χ1v) is 7.41. The summed E-state index contributed by atoms with van der Waals surface area (Å²) in [7, 11) is 0. The Hall–Kier alpha value is -2.24. The minimum Gasteiger partial charge on any atom is -0.486 e. The Morgan fingerprint density at radius 1 is 1.04 bits per heavy atom. The Balaban J connectivity index is 1.88. The number of hydrogen-bond acceptors (Lipinski definition) is 3. The summed E-state index contributed by atoms with van der Waals surface area (Å²) in [5.74, 6) is 1.29. The lowest BCUT2D eigenvalue weighted by molar-refractivity contribution is -0.138. The molecule has 2 heterocycles. The monoisotopic (exact) mass is 323 g/mol. The molecule has 0 radical (unpaired) electrons. The van der Waals surface area contributed by atoms with Gasteiger partial charge in [-0.25, -0.2) is 0 Å². The molecular formula is C17H16F3NO2. The predicted octanol–water partition coefficient (Wildman–Crippen LogP) is 4.02. The summed E-state index contributed by atoms with van der Waals surface area (Å²) in [6.45, 7) is 2.64. The summed E-state index contributed by atoms with van der Waals surface area (Å²) in [5.41, 5.74) is 0.790. The number of alkyl halides is 3. The lowest BCUT2D eigenvalue weighted by Gasteiger charge is -2.19. The van der Waals surface area contributed by atoms with E-state index in [1.807, 2.05) is 6.07 Å². The van der Waals surface area contributed by atoms with E-state index in [0.29, 0.717) is 36.7 Å². The molecule has 0 amide bonds. The quantitative estimate of drug-likeness (QED) is 0.855. The van der Waals surface area contributed by atoms with Crippen LogP contribution in [0, 0.1) is 0 Å². The zero-order valence-electron chi connectivity index (χ0n) is 12.6.